The van der Waals surface area contributed by atoms with E-state index in [9.17, 15) is 4.79 Å². The molecule has 0 aromatic carbocycles. The molecule has 2 aliphatic rings. The number of piperidine rings is 1. The zero-order valence-corrected chi connectivity index (χ0v) is 11.6. The highest BCUT2D eigenvalue weighted by atomic mass is 35.5. The first-order valence-electron chi connectivity index (χ1n) is 6.71. The van der Waals surface area contributed by atoms with Crippen LogP contribution in [0.1, 0.15) is 51.9 Å². The molecule has 17 heavy (non-hydrogen) atoms. The molecule has 1 saturated carbocycles. The van der Waals surface area contributed by atoms with Crippen molar-refractivity contribution >= 4 is 18.3 Å². The lowest BCUT2D eigenvalue weighted by molar-refractivity contribution is -0.124. The molecule has 1 aliphatic carbocycles. The van der Waals surface area contributed by atoms with Gasteiger partial charge in [0.25, 0.3) is 0 Å². The summed E-state index contributed by atoms with van der Waals surface area (Å²) in [6.07, 6.45) is 8.59. The van der Waals surface area contributed by atoms with Crippen LogP contribution in [0.4, 0.5) is 0 Å². The first-order chi connectivity index (χ1) is 7.70. The smallest absolute Gasteiger partial charge is 0.237 e. The molecule has 1 amide bonds. The standard InChI is InChI=1S/C13H24N2O.ClH/c1-13(7-3-4-8-13)10-15-12(16)11-6-2-5-9-14-11;/h11,14H,2-10H2,1H3,(H,15,16);1H. The van der Waals surface area contributed by atoms with Gasteiger partial charge in [0.1, 0.15) is 0 Å². The molecule has 3 nitrogen and oxygen atoms in total. The van der Waals surface area contributed by atoms with E-state index >= 15 is 0 Å². The third kappa shape index (κ3) is 4.14. The number of nitrogens with one attached hydrogen (secondary N) is 2. The molecular weight excluding hydrogens is 236 g/mol. The summed E-state index contributed by atoms with van der Waals surface area (Å²) in [5.41, 5.74) is 0.365. The molecule has 0 radical (unpaired) electrons. The van der Waals surface area contributed by atoms with Crippen molar-refractivity contribution in [3.8, 4) is 0 Å². The number of hydrogen-bond acceptors (Lipinski definition) is 2. The number of amides is 1. The van der Waals surface area contributed by atoms with Gasteiger partial charge >= 0.3 is 0 Å². The monoisotopic (exact) mass is 260 g/mol. The molecule has 1 saturated heterocycles. The predicted octanol–water partition coefficient (Wildman–Crippen LogP) is 2.25. The van der Waals surface area contributed by atoms with Gasteiger partial charge in [0.05, 0.1) is 6.04 Å². The van der Waals surface area contributed by atoms with Crippen LogP contribution in [0, 0.1) is 5.41 Å². The van der Waals surface area contributed by atoms with Crippen LogP contribution in [-0.4, -0.2) is 25.0 Å². The minimum Gasteiger partial charge on any atom is -0.354 e. The van der Waals surface area contributed by atoms with Gasteiger partial charge in [-0.25, -0.2) is 0 Å². The van der Waals surface area contributed by atoms with Crippen molar-refractivity contribution in [3.63, 3.8) is 0 Å². The molecule has 1 unspecified atom stereocenters. The molecule has 4 heteroatoms. The van der Waals surface area contributed by atoms with Gasteiger partial charge in [-0.1, -0.05) is 26.2 Å². The summed E-state index contributed by atoms with van der Waals surface area (Å²) in [5, 5.41) is 6.43. The Bertz CT molecular complexity index is 246. The Kier molecular flexibility index (Phi) is 5.74. The number of carbonyl (C=O) groups is 1. The van der Waals surface area contributed by atoms with E-state index in [1.54, 1.807) is 0 Å². The molecule has 0 spiro atoms. The van der Waals surface area contributed by atoms with Crippen LogP contribution in [0.3, 0.4) is 0 Å². The quantitative estimate of drug-likeness (QED) is 0.817. The van der Waals surface area contributed by atoms with E-state index in [-0.39, 0.29) is 24.4 Å². The molecule has 0 aromatic rings. The predicted molar refractivity (Wildman–Crippen MR) is 72.5 cm³/mol. The minimum atomic E-state index is 0. The van der Waals surface area contributed by atoms with Gasteiger partial charge in [-0.05, 0) is 37.6 Å². The van der Waals surface area contributed by atoms with Gasteiger partial charge in [0, 0.05) is 6.54 Å². The zero-order valence-electron chi connectivity index (χ0n) is 10.8. The summed E-state index contributed by atoms with van der Waals surface area (Å²) in [6, 6.07) is 0.0683. The molecular formula is C13H25ClN2O. The first kappa shape index (κ1) is 14.8. The molecule has 0 bridgehead atoms. The van der Waals surface area contributed by atoms with Crippen molar-refractivity contribution < 1.29 is 4.79 Å². The van der Waals surface area contributed by atoms with E-state index < -0.39 is 0 Å². The summed E-state index contributed by atoms with van der Waals surface area (Å²) in [7, 11) is 0. The second kappa shape index (κ2) is 6.60. The third-order valence-corrected chi connectivity index (χ3v) is 4.13. The topological polar surface area (TPSA) is 41.1 Å². The van der Waals surface area contributed by atoms with Crippen molar-refractivity contribution in [1.29, 1.82) is 0 Å². The van der Waals surface area contributed by atoms with E-state index in [4.69, 9.17) is 0 Å². The van der Waals surface area contributed by atoms with Crippen LogP contribution in [0.5, 0.6) is 0 Å². The third-order valence-electron chi connectivity index (χ3n) is 4.13. The number of halogens is 1. The largest absolute Gasteiger partial charge is 0.354 e. The van der Waals surface area contributed by atoms with Gasteiger partial charge < -0.3 is 10.6 Å². The van der Waals surface area contributed by atoms with Crippen LogP contribution in [-0.2, 0) is 4.79 Å². The Morgan fingerprint density at radius 2 is 2.00 bits per heavy atom. The molecule has 2 rings (SSSR count). The van der Waals surface area contributed by atoms with Crippen LogP contribution in [0.25, 0.3) is 0 Å². The fraction of sp³-hybridized carbons (Fsp3) is 0.923. The van der Waals surface area contributed by atoms with Gasteiger partial charge in [-0.15, -0.1) is 12.4 Å². The first-order valence-corrected chi connectivity index (χ1v) is 6.71. The van der Waals surface area contributed by atoms with Gasteiger partial charge in [0.15, 0.2) is 0 Å². The number of rotatable bonds is 3. The van der Waals surface area contributed by atoms with Crippen LogP contribution in [0.15, 0.2) is 0 Å². The molecule has 2 fully saturated rings. The average Bonchev–Trinajstić information content (AvgIpc) is 2.75. The lowest BCUT2D eigenvalue weighted by Crippen LogP contribution is -2.48. The Morgan fingerprint density at radius 3 is 2.59 bits per heavy atom. The van der Waals surface area contributed by atoms with Gasteiger partial charge in [0.2, 0.25) is 5.91 Å². The fourth-order valence-electron chi connectivity index (χ4n) is 2.90. The lowest BCUT2D eigenvalue weighted by atomic mass is 9.89. The van der Waals surface area contributed by atoms with Gasteiger partial charge in [-0.3, -0.25) is 4.79 Å². The summed E-state index contributed by atoms with van der Waals surface area (Å²) < 4.78 is 0. The van der Waals surface area contributed by atoms with E-state index in [1.165, 1.54) is 38.5 Å². The molecule has 100 valence electrons. The maximum Gasteiger partial charge on any atom is 0.237 e. The van der Waals surface area contributed by atoms with Crippen molar-refractivity contribution in [2.45, 2.75) is 57.9 Å². The Morgan fingerprint density at radius 1 is 1.29 bits per heavy atom. The molecule has 1 atom stereocenters. The van der Waals surface area contributed by atoms with E-state index in [0.29, 0.717) is 5.41 Å². The van der Waals surface area contributed by atoms with E-state index in [2.05, 4.69) is 17.6 Å². The maximum atomic E-state index is 11.9. The highest BCUT2D eigenvalue weighted by molar-refractivity contribution is 5.85. The summed E-state index contributed by atoms with van der Waals surface area (Å²) in [5.74, 6) is 0.216. The Hall–Kier alpha value is -0.280. The normalized spacial score (nSPS) is 27.2. The summed E-state index contributed by atoms with van der Waals surface area (Å²) in [4.78, 5) is 11.9. The molecule has 0 aromatic heterocycles. The van der Waals surface area contributed by atoms with Crippen molar-refractivity contribution in [1.82, 2.24) is 10.6 Å². The van der Waals surface area contributed by atoms with Crippen LogP contribution in [0.2, 0.25) is 0 Å². The maximum absolute atomic E-state index is 11.9. The number of carbonyl (C=O) groups excluding carboxylic acids is 1. The zero-order chi connectivity index (χ0) is 11.4. The Balaban J connectivity index is 0.00000144. The highest BCUT2D eigenvalue weighted by Crippen LogP contribution is 2.36. The van der Waals surface area contributed by atoms with Gasteiger partial charge in [-0.2, -0.15) is 0 Å². The highest BCUT2D eigenvalue weighted by Gasteiger charge is 2.30. The van der Waals surface area contributed by atoms with Crippen molar-refractivity contribution in [3.05, 3.63) is 0 Å². The van der Waals surface area contributed by atoms with Crippen molar-refractivity contribution in [2.24, 2.45) is 5.41 Å². The average molecular weight is 261 g/mol. The summed E-state index contributed by atoms with van der Waals surface area (Å²) >= 11 is 0. The minimum absolute atomic E-state index is 0. The van der Waals surface area contributed by atoms with Crippen LogP contribution >= 0.6 is 12.4 Å². The van der Waals surface area contributed by atoms with Crippen molar-refractivity contribution in [2.75, 3.05) is 13.1 Å². The van der Waals surface area contributed by atoms with E-state index in [0.717, 1.165) is 19.5 Å². The van der Waals surface area contributed by atoms with Crippen LogP contribution < -0.4 is 10.6 Å². The lowest BCUT2D eigenvalue weighted by Gasteiger charge is -2.27. The second-order valence-corrected chi connectivity index (χ2v) is 5.74. The molecule has 2 N–H and O–H groups in total. The fourth-order valence-corrected chi connectivity index (χ4v) is 2.90. The molecule has 1 heterocycles. The Labute approximate surface area is 111 Å². The van der Waals surface area contributed by atoms with E-state index in [1.807, 2.05) is 0 Å². The SMILES string of the molecule is CC1(CNC(=O)C2CCCCN2)CCCC1.Cl. The summed E-state index contributed by atoms with van der Waals surface area (Å²) in [6.45, 7) is 4.16. The molecule has 1 aliphatic heterocycles. The second-order valence-electron chi connectivity index (χ2n) is 5.74. The number of hydrogen-bond donors (Lipinski definition) is 2.